The molecule has 1 aliphatic heterocycles. The number of ether oxygens (including phenoxy) is 1. The van der Waals surface area contributed by atoms with Crippen LogP contribution in [0.15, 0.2) is 82.6 Å². The normalized spacial score (nSPS) is 18.8. The Morgan fingerprint density at radius 1 is 0.933 bits per heavy atom. The lowest BCUT2D eigenvalue weighted by molar-refractivity contribution is -0.139. The van der Waals surface area contributed by atoms with Crippen LogP contribution in [0.4, 0.5) is 4.79 Å². The van der Waals surface area contributed by atoms with Gasteiger partial charge in [-0.1, -0.05) is 62.4 Å². The Balaban J connectivity index is 1.35. The maximum Gasteiger partial charge on any atom is 0.330 e. The Morgan fingerprint density at radius 3 is 2.30 bits per heavy atom. The molecule has 3 heterocycles. The van der Waals surface area contributed by atoms with E-state index in [1.54, 1.807) is 43.5 Å². The van der Waals surface area contributed by atoms with E-state index < -0.39 is 89.6 Å². The summed E-state index contributed by atoms with van der Waals surface area (Å²) in [5.74, 6) is -3.26. The summed E-state index contributed by atoms with van der Waals surface area (Å²) in [7, 11) is 1.45. The number of benzene rings is 2. The average Bonchev–Trinajstić information content (AvgIpc) is 3.79. The summed E-state index contributed by atoms with van der Waals surface area (Å²) < 4.78 is 6.89. The van der Waals surface area contributed by atoms with Crippen LogP contribution >= 0.6 is 0 Å². The van der Waals surface area contributed by atoms with Gasteiger partial charge >= 0.3 is 17.7 Å². The van der Waals surface area contributed by atoms with Crippen LogP contribution in [0.3, 0.4) is 0 Å². The maximum atomic E-state index is 14.3. The van der Waals surface area contributed by atoms with Gasteiger partial charge in [0.05, 0.1) is 18.2 Å². The highest BCUT2D eigenvalue weighted by molar-refractivity contribution is 5.94. The fourth-order valence-corrected chi connectivity index (χ4v) is 7.16. The van der Waals surface area contributed by atoms with E-state index in [1.807, 2.05) is 38.1 Å². The summed E-state index contributed by atoms with van der Waals surface area (Å²) in [6, 6.07) is 10.1. The molecule has 1 fully saturated rings. The number of para-hydroxylation sites is 1. The van der Waals surface area contributed by atoms with Crippen molar-refractivity contribution < 1.29 is 38.9 Å². The third kappa shape index (κ3) is 11.5. The molecule has 0 saturated carbocycles. The van der Waals surface area contributed by atoms with Crippen molar-refractivity contribution in [3.63, 3.8) is 0 Å². The van der Waals surface area contributed by atoms with E-state index in [0.29, 0.717) is 17.5 Å². The van der Waals surface area contributed by atoms with Gasteiger partial charge in [0.1, 0.15) is 24.2 Å². The van der Waals surface area contributed by atoms with Crippen LogP contribution < -0.4 is 38.2 Å². The molecule has 4 aromatic rings. The number of carbonyl (C=O) groups excluding carboxylic acids is 4. The van der Waals surface area contributed by atoms with E-state index in [1.165, 1.54) is 18.1 Å². The molecule has 2 aromatic carbocycles. The van der Waals surface area contributed by atoms with Crippen LogP contribution in [0, 0.1) is 5.92 Å². The number of rotatable bonds is 18. The Bertz CT molecular complexity index is 2260. The minimum absolute atomic E-state index is 0.00135. The number of aliphatic hydroxyl groups excluding tert-OH is 1. The van der Waals surface area contributed by atoms with Gasteiger partial charge in [0, 0.05) is 62.2 Å². The number of nitrogens with zero attached hydrogens (tertiary/aromatic N) is 2. The minimum Gasteiger partial charge on any atom is -0.480 e. The highest BCUT2D eigenvalue weighted by Gasteiger charge is 2.39. The number of aromatic amines is 2. The molecule has 8 atom stereocenters. The zero-order valence-corrected chi connectivity index (χ0v) is 33.8. The third-order valence-corrected chi connectivity index (χ3v) is 10.5. The maximum absolute atomic E-state index is 14.3. The molecule has 322 valence electrons. The van der Waals surface area contributed by atoms with Gasteiger partial charge in [-0.2, -0.15) is 0 Å². The minimum atomic E-state index is -1.43. The quantitative estimate of drug-likeness (QED) is 0.0648. The van der Waals surface area contributed by atoms with Crippen molar-refractivity contribution in [2.45, 2.75) is 95.1 Å². The molecule has 1 aliphatic rings. The molecule has 5 amide bonds. The number of aliphatic hydroxyl groups is 1. The van der Waals surface area contributed by atoms with Crippen LogP contribution in [0.1, 0.15) is 51.0 Å². The number of carboxylic acid groups (broad SMARTS) is 1. The number of urea groups is 1. The van der Waals surface area contributed by atoms with Crippen LogP contribution in [0.25, 0.3) is 10.9 Å². The van der Waals surface area contributed by atoms with Crippen LogP contribution in [0.5, 0.6) is 0 Å². The number of hydrogen-bond acceptors (Lipinski definition) is 10. The third-order valence-electron chi connectivity index (χ3n) is 10.5. The molecule has 0 aliphatic carbocycles. The first-order valence-corrected chi connectivity index (χ1v) is 19.7. The molecule has 0 unspecified atom stereocenters. The van der Waals surface area contributed by atoms with Gasteiger partial charge in [-0.05, 0) is 36.5 Å². The number of H-pyrrole nitrogens is 2. The molecular formula is C41H53N9O10. The van der Waals surface area contributed by atoms with Gasteiger partial charge in [-0.3, -0.25) is 28.7 Å². The first kappa shape index (κ1) is 44.8. The zero-order valence-electron chi connectivity index (χ0n) is 33.8. The molecule has 19 nitrogen and oxygen atoms in total. The molecule has 0 radical (unpaired) electrons. The van der Waals surface area contributed by atoms with E-state index in [2.05, 4.69) is 31.2 Å². The molecule has 0 spiro atoms. The predicted octanol–water partition coefficient (Wildman–Crippen LogP) is 0.0940. The molecule has 0 bridgehead atoms. The molecule has 2 aromatic heterocycles. The number of aromatic nitrogens is 3. The van der Waals surface area contributed by atoms with Crippen molar-refractivity contribution in [2.24, 2.45) is 11.7 Å². The van der Waals surface area contributed by atoms with Gasteiger partial charge in [0.25, 0.3) is 5.56 Å². The van der Waals surface area contributed by atoms with E-state index in [9.17, 15) is 43.8 Å². The number of aliphatic carboxylic acids is 1. The Labute approximate surface area is 345 Å². The summed E-state index contributed by atoms with van der Waals surface area (Å²) in [5, 5.41) is 32.0. The van der Waals surface area contributed by atoms with E-state index >= 15 is 0 Å². The smallest absolute Gasteiger partial charge is 0.330 e. The van der Waals surface area contributed by atoms with E-state index in [4.69, 9.17) is 10.5 Å². The number of fused-ring (bicyclic) bond motifs is 1. The average molecular weight is 832 g/mol. The molecule has 60 heavy (non-hydrogen) atoms. The molecule has 19 heteroatoms. The van der Waals surface area contributed by atoms with Gasteiger partial charge in [0.2, 0.25) is 17.7 Å². The molecule has 5 rings (SSSR count). The fraction of sp³-hybridized carbons (Fsp3) is 0.439. The first-order valence-electron chi connectivity index (χ1n) is 19.7. The van der Waals surface area contributed by atoms with Crippen molar-refractivity contribution in [1.82, 2.24) is 40.7 Å². The summed E-state index contributed by atoms with van der Waals surface area (Å²) in [6.07, 6.45) is -0.0416. The Kier molecular flexibility index (Phi) is 15.0. The Morgan fingerprint density at radius 2 is 1.62 bits per heavy atom. The number of carbonyl (C=O) groups is 5. The summed E-state index contributed by atoms with van der Waals surface area (Å²) in [4.78, 5) is 98.1. The number of nitrogens with two attached hydrogens (primary N) is 1. The molecular weight excluding hydrogens is 779 g/mol. The van der Waals surface area contributed by atoms with Crippen molar-refractivity contribution >= 4 is 40.6 Å². The van der Waals surface area contributed by atoms with Gasteiger partial charge in [0.15, 0.2) is 6.23 Å². The lowest BCUT2D eigenvalue weighted by Crippen LogP contribution is -2.63. The summed E-state index contributed by atoms with van der Waals surface area (Å²) in [5.41, 5.74) is 6.89. The van der Waals surface area contributed by atoms with Crippen molar-refractivity contribution in [3.8, 4) is 0 Å². The second-order valence-corrected chi connectivity index (χ2v) is 15.4. The van der Waals surface area contributed by atoms with E-state index in [-0.39, 0.29) is 31.7 Å². The number of nitrogens with one attached hydrogen (secondary N) is 6. The topological polar surface area (TPSA) is 283 Å². The molecule has 1 saturated heterocycles. The first-order chi connectivity index (χ1) is 28.5. The fourth-order valence-electron chi connectivity index (χ4n) is 7.16. The second kappa shape index (κ2) is 20.1. The van der Waals surface area contributed by atoms with Crippen LogP contribution in [0.2, 0.25) is 0 Å². The van der Waals surface area contributed by atoms with Crippen molar-refractivity contribution in [1.29, 1.82) is 0 Å². The SMILES string of the molecule is CC(C)C[C@H](N)C(=O)N(C)[C@@H](C)[C@H](NC(=O)[C@H](Cc1ccccc1)NC(=O)N[C@@H](Cc1c[nH]c2ccccc12)C(=O)O)C(=O)NC[C@H]1C[C@@H](O)[C@H](n2ccc(=O)[nH]c2=O)O1. The lowest BCUT2D eigenvalue weighted by Gasteiger charge is -2.34. The predicted molar refractivity (Wildman–Crippen MR) is 219 cm³/mol. The largest absolute Gasteiger partial charge is 0.480 e. The monoisotopic (exact) mass is 831 g/mol. The van der Waals surface area contributed by atoms with Gasteiger partial charge in [-0.25, -0.2) is 14.4 Å². The zero-order chi connectivity index (χ0) is 43.7. The number of hydrogen-bond donors (Lipinski definition) is 9. The number of carboxylic acids is 1. The van der Waals surface area contributed by atoms with Crippen molar-refractivity contribution in [2.75, 3.05) is 13.6 Å². The highest BCUT2D eigenvalue weighted by Crippen LogP contribution is 2.27. The van der Waals surface area contributed by atoms with Gasteiger partial charge in [-0.15, -0.1) is 0 Å². The number of likely N-dealkylation sites (N-methyl/N-ethyl adjacent to an activating group) is 1. The standard InChI is InChI=1S/C41H53N9O10/c1-22(2)16-28(42)37(55)49(4)23(3)34(36(54)44-21-26-19-32(51)38(60-26)50-15-14-33(52)47-41(50)59)48-35(53)30(17-24-10-6-5-7-11-24)45-40(58)46-31(39(56)57)18-25-20-43-29-13-9-8-12-27(25)29/h5-15,20,22-23,26,28,30-32,34,38,43,51H,16-19,21,42H2,1-4H3,(H,44,54)(H,48,53)(H,56,57)(H2,45,46,58)(H,47,52,59)/t23-,26+,28-,30-,31-,32+,34-,38+/m0/s1. The van der Waals surface area contributed by atoms with Crippen LogP contribution in [-0.4, -0.2) is 115 Å². The van der Waals surface area contributed by atoms with Crippen LogP contribution in [-0.2, 0) is 36.8 Å². The number of amides is 5. The second-order valence-electron chi connectivity index (χ2n) is 15.4. The molecule has 10 N–H and O–H groups in total. The van der Waals surface area contributed by atoms with Gasteiger partial charge < -0.3 is 51.8 Å². The summed E-state index contributed by atoms with van der Waals surface area (Å²) in [6.45, 7) is 5.18. The highest BCUT2D eigenvalue weighted by atomic mass is 16.5. The lowest BCUT2D eigenvalue weighted by atomic mass is 10.0. The van der Waals surface area contributed by atoms with E-state index in [0.717, 1.165) is 21.5 Å². The van der Waals surface area contributed by atoms with Crippen molar-refractivity contribution in [3.05, 3.63) is 105 Å². The summed E-state index contributed by atoms with van der Waals surface area (Å²) >= 11 is 0. The Hall–Kier alpha value is -6.31.